The number of carbonyl (C=O) groups is 1. The molecule has 0 unspecified atom stereocenters. The fourth-order valence-electron chi connectivity index (χ4n) is 3.11. The summed E-state index contributed by atoms with van der Waals surface area (Å²) in [6, 6.07) is 15.8. The van der Waals surface area contributed by atoms with Gasteiger partial charge in [-0.1, -0.05) is 23.7 Å². The quantitative estimate of drug-likeness (QED) is 0.818. The van der Waals surface area contributed by atoms with E-state index in [1.54, 1.807) is 7.11 Å². The third kappa shape index (κ3) is 4.67. The van der Waals surface area contributed by atoms with Crippen LogP contribution in [0.1, 0.15) is 12.0 Å². The lowest BCUT2D eigenvalue weighted by Gasteiger charge is -2.36. The van der Waals surface area contributed by atoms with Crippen LogP contribution in [0.25, 0.3) is 0 Å². The van der Waals surface area contributed by atoms with Gasteiger partial charge in [0.05, 0.1) is 7.11 Å². The van der Waals surface area contributed by atoms with Gasteiger partial charge in [-0.3, -0.25) is 4.79 Å². The number of rotatable bonds is 5. The summed E-state index contributed by atoms with van der Waals surface area (Å²) in [5.74, 6) is 1.08. The van der Waals surface area contributed by atoms with Crippen molar-refractivity contribution >= 4 is 23.2 Å². The van der Waals surface area contributed by atoms with Crippen molar-refractivity contribution in [2.75, 3.05) is 38.2 Å². The first-order valence-electron chi connectivity index (χ1n) is 8.57. The second-order valence-electron chi connectivity index (χ2n) is 6.20. The lowest BCUT2D eigenvalue weighted by Crippen LogP contribution is -2.48. The van der Waals surface area contributed by atoms with Gasteiger partial charge in [0.2, 0.25) is 5.91 Å². The highest BCUT2D eigenvalue weighted by Gasteiger charge is 2.21. The van der Waals surface area contributed by atoms with Crippen LogP contribution < -0.4 is 9.64 Å². The number of hydrogen-bond acceptors (Lipinski definition) is 3. The van der Waals surface area contributed by atoms with Crippen molar-refractivity contribution in [3.05, 3.63) is 59.1 Å². The molecule has 1 amide bonds. The van der Waals surface area contributed by atoms with Gasteiger partial charge in [-0.2, -0.15) is 0 Å². The number of anilines is 1. The Balaban J connectivity index is 1.48. The molecule has 0 radical (unpaired) electrons. The van der Waals surface area contributed by atoms with Crippen LogP contribution in [0.15, 0.2) is 48.5 Å². The smallest absolute Gasteiger partial charge is 0.223 e. The van der Waals surface area contributed by atoms with Crippen molar-refractivity contribution in [1.82, 2.24) is 4.90 Å². The molecule has 0 bridgehead atoms. The van der Waals surface area contributed by atoms with Crippen molar-refractivity contribution in [2.24, 2.45) is 0 Å². The summed E-state index contributed by atoms with van der Waals surface area (Å²) in [5, 5.41) is 0.720. The monoisotopic (exact) mass is 358 g/mol. The molecule has 0 spiro atoms. The van der Waals surface area contributed by atoms with Crippen molar-refractivity contribution in [3.63, 3.8) is 0 Å². The van der Waals surface area contributed by atoms with Crippen molar-refractivity contribution < 1.29 is 9.53 Å². The number of halogens is 1. The predicted octanol–water partition coefficient (Wildman–Crippen LogP) is 3.63. The Hall–Kier alpha value is -2.20. The number of methoxy groups -OCH3 is 1. The third-order valence-corrected chi connectivity index (χ3v) is 4.82. The number of aryl methyl sites for hydroxylation is 1. The zero-order valence-electron chi connectivity index (χ0n) is 14.5. The lowest BCUT2D eigenvalue weighted by atomic mass is 10.1. The molecule has 1 aliphatic heterocycles. The summed E-state index contributed by atoms with van der Waals surface area (Å²) >= 11 is 5.99. The van der Waals surface area contributed by atoms with Crippen LogP contribution in [0.4, 0.5) is 5.69 Å². The molecule has 25 heavy (non-hydrogen) atoms. The Morgan fingerprint density at radius 1 is 1.08 bits per heavy atom. The maximum atomic E-state index is 12.4. The van der Waals surface area contributed by atoms with Gasteiger partial charge in [0.25, 0.3) is 0 Å². The fraction of sp³-hybridized carbons (Fsp3) is 0.350. The van der Waals surface area contributed by atoms with E-state index in [1.807, 2.05) is 41.3 Å². The average molecular weight is 359 g/mol. The standard InChI is InChI=1S/C20H23ClN2O2/c1-25-19-8-6-18(7-9-19)22-11-13-23(14-12-22)20(24)10-5-16-3-2-4-17(21)15-16/h2-4,6-9,15H,5,10-14H2,1H3. The maximum Gasteiger partial charge on any atom is 0.223 e. The minimum absolute atomic E-state index is 0.217. The van der Waals surface area contributed by atoms with Gasteiger partial charge in [-0.05, 0) is 48.4 Å². The van der Waals surface area contributed by atoms with Crippen LogP contribution in [0.2, 0.25) is 5.02 Å². The Kier molecular flexibility index (Phi) is 5.82. The summed E-state index contributed by atoms with van der Waals surface area (Å²) in [5.41, 5.74) is 2.28. The van der Waals surface area contributed by atoms with Gasteiger partial charge in [0, 0.05) is 43.3 Å². The Bertz CT molecular complexity index is 710. The number of ether oxygens (including phenoxy) is 1. The summed E-state index contributed by atoms with van der Waals surface area (Å²) in [6.07, 6.45) is 1.26. The molecule has 1 aliphatic rings. The molecular weight excluding hydrogens is 336 g/mol. The molecule has 4 nitrogen and oxygen atoms in total. The molecule has 0 aromatic heterocycles. The number of hydrogen-bond donors (Lipinski definition) is 0. The summed E-state index contributed by atoms with van der Waals surface area (Å²) in [4.78, 5) is 16.7. The number of piperazine rings is 1. The predicted molar refractivity (Wildman–Crippen MR) is 102 cm³/mol. The van der Waals surface area contributed by atoms with E-state index in [2.05, 4.69) is 17.0 Å². The molecule has 1 fully saturated rings. The van der Waals surface area contributed by atoms with Crippen molar-refractivity contribution in [1.29, 1.82) is 0 Å². The van der Waals surface area contributed by atoms with Crippen LogP contribution in [0.5, 0.6) is 5.75 Å². The first-order valence-corrected chi connectivity index (χ1v) is 8.95. The van der Waals surface area contributed by atoms with E-state index >= 15 is 0 Å². The molecule has 0 N–H and O–H groups in total. The molecule has 0 atom stereocenters. The molecule has 1 saturated heterocycles. The molecule has 2 aromatic rings. The first kappa shape index (κ1) is 17.6. The third-order valence-electron chi connectivity index (χ3n) is 4.59. The van der Waals surface area contributed by atoms with E-state index in [0.29, 0.717) is 6.42 Å². The molecule has 1 heterocycles. The van der Waals surface area contributed by atoms with E-state index in [9.17, 15) is 4.79 Å². The van der Waals surface area contributed by atoms with Crippen LogP contribution in [0.3, 0.4) is 0 Å². The highest BCUT2D eigenvalue weighted by Crippen LogP contribution is 2.21. The van der Waals surface area contributed by atoms with Gasteiger partial charge in [0.15, 0.2) is 0 Å². The molecular formula is C20H23ClN2O2. The fourth-order valence-corrected chi connectivity index (χ4v) is 3.32. The Morgan fingerprint density at radius 3 is 2.44 bits per heavy atom. The highest BCUT2D eigenvalue weighted by molar-refractivity contribution is 6.30. The molecule has 3 rings (SSSR count). The van der Waals surface area contributed by atoms with Gasteiger partial charge in [-0.15, -0.1) is 0 Å². The van der Waals surface area contributed by atoms with E-state index < -0.39 is 0 Å². The maximum absolute atomic E-state index is 12.4. The van der Waals surface area contributed by atoms with Gasteiger partial charge in [0.1, 0.15) is 5.75 Å². The average Bonchev–Trinajstić information content (AvgIpc) is 2.66. The van der Waals surface area contributed by atoms with Crippen LogP contribution in [-0.2, 0) is 11.2 Å². The van der Waals surface area contributed by atoms with E-state index in [1.165, 1.54) is 5.69 Å². The number of carbonyl (C=O) groups excluding carboxylic acids is 1. The topological polar surface area (TPSA) is 32.8 Å². The van der Waals surface area contributed by atoms with Crippen molar-refractivity contribution in [3.8, 4) is 5.75 Å². The van der Waals surface area contributed by atoms with Crippen LogP contribution in [-0.4, -0.2) is 44.1 Å². The van der Waals surface area contributed by atoms with E-state index in [-0.39, 0.29) is 5.91 Å². The first-order chi connectivity index (χ1) is 12.2. The molecule has 0 saturated carbocycles. The largest absolute Gasteiger partial charge is 0.497 e. The van der Waals surface area contributed by atoms with Crippen LogP contribution >= 0.6 is 11.6 Å². The molecule has 2 aromatic carbocycles. The SMILES string of the molecule is COc1ccc(N2CCN(C(=O)CCc3cccc(Cl)c3)CC2)cc1. The van der Waals surface area contributed by atoms with Gasteiger partial charge in [-0.25, -0.2) is 0 Å². The lowest BCUT2D eigenvalue weighted by molar-refractivity contribution is -0.131. The van der Waals surface area contributed by atoms with Gasteiger partial charge < -0.3 is 14.5 Å². The number of nitrogens with zero attached hydrogens (tertiary/aromatic N) is 2. The number of benzene rings is 2. The summed E-state index contributed by atoms with van der Waals surface area (Å²) in [6.45, 7) is 3.24. The van der Waals surface area contributed by atoms with E-state index in [4.69, 9.17) is 16.3 Å². The molecule has 132 valence electrons. The zero-order valence-corrected chi connectivity index (χ0v) is 15.2. The second-order valence-corrected chi connectivity index (χ2v) is 6.63. The highest BCUT2D eigenvalue weighted by atomic mass is 35.5. The van der Waals surface area contributed by atoms with Crippen LogP contribution in [0, 0.1) is 0 Å². The van der Waals surface area contributed by atoms with Gasteiger partial charge >= 0.3 is 0 Å². The van der Waals surface area contributed by atoms with E-state index in [0.717, 1.165) is 48.9 Å². The minimum Gasteiger partial charge on any atom is -0.497 e. The molecule has 0 aliphatic carbocycles. The normalized spacial score (nSPS) is 14.5. The molecule has 5 heteroatoms. The number of amides is 1. The Labute approximate surface area is 154 Å². The summed E-state index contributed by atoms with van der Waals surface area (Å²) < 4.78 is 5.20. The second kappa shape index (κ2) is 8.26. The zero-order chi connectivity index (χ0) is 17.6. The summed E-state index contributed by atoms with van der Waals surface area (Å²) in [7, 11) is 1.67. The minimum atomic E-state index is 0.217. The Morgan fingerprint density at radius 2 is 1.80 bits per heavy atom. The van der Waals surface area contributed by atoms with Crippen molar-refractivity contribution in [2.45, 2.75) is 12.8 Å².